The molecule has 0 bridgehead atoms. The van der Waals surface area contributed by atoms with E-state index in [1.165, 1.54) is 0 Å². The normalized spacial score (nSPS) is 15.6. The molecular formula is C35H59O7P2-. The standard InChI is InChI=1S/C18H31O3P.C17H29O4P/c1-9-21-22(8,20)12-13-10-14(17(2,3)4)16(19)15(11-13)18(5,6)7;1-8-21-22(19,20)11-12-9-13(16(2,3)4)15(18)14(10-12)17(5,6)7/h10-11,19H,9,12H2,1-8H3;9-10,18H,8,11H2,1-7H3,(H,19,20)/p-1. The minimum Gasteiger partial charge on any atom is -0.778 e. The fraction of sp³-hybridized carbons (Fsp3) is 0.657. The highest BCUT2D eigenvalue weighted by Crippen LogP contribution is 2.49. The summed E-state index contributed by atoms with van der Waals surface area (Å²) in [6.07, 6.45) is 0.237. The molecule has 0 aliphatic rings. The van der Waals surface area contributed by atoms with Crippen molar-refractivity contribution in [3.05, 3.63) is 57.6 Å². The predicted molar refractivity (Wildman–Crippen MR) is 183 cm³/mol. The number of rotatable bonds is 8. The van der Waals surface area contributed by atoms with E-state index in [0.717, 1.165) is 27.8 Å². The molecule has 0 radical (unpaired) electrons. The third-order valence-corrected chi connectivity index (χ3v) is 10.3. The van der Waals surface area contributed by atoms with Crippen LogP contribution in [-0.4, -0.2) is 30.1 Å². The van der Waals surface area contributed by atoms with Crippen molar-refractivity contribution in [1.29, 1.82) is 0 Å². The van der Waals surface area contributed by atoms with Gasteiger partial charge in [0.2, 0.25) is 7.37 Å². The number of phenols is 2. The molecule has 0 heterocycles. The van der Waals surface area contributed by atoms with E-state index >= 15 is 0 Å². The van der Waals surface area contributed by atoms with Crippen LogP contribution in [0, 0.1) is 0 Å². The van der Waals surface area contributed by atoms with Crippen LogP contribution in [0.15, 0.2) is 24.3 Å². The average molecular weight is 654 g/mol. The molecule has 44 heavy (non-hydrogen) atoms. The van der Waals surface area contributed by atoms with E-state index in [2.05, 4.69) is 41.5 Å². The molecule has 2 rings (SSSR count). The molecule has 2 aromatic rings. The number of aromatic hydroxyl groups is 2. The molecule has 9 heteroatoms. The largest absolute Gasteiger partial charge is 0.778 e. The molecule has 7 nitrogen and oxygen atoms in total. The molecular weight excluding hydrogens is 594 g/mol. The molecule has 0 aliphatic heterocycles. The first-order valence-corrected chi connectivity index (χ1v) is 19.4. The molecule has 0 aliphatic carbocycles. The second kappa shape index (κ2) is 14.4. The average Bonchev–Trinajstić information content (AvgIpc) is 2.78. The van der Waals surface area contributed by atoms with E-state index in [1.54, 1.807) is 25.7 Å². The Labute approximate surface area is 267 Å². The molecule has 0 aromatic heterocycles. The van der Waals surface area contributed by atoms with Crippen LogP contribution in [0.1, 0.15) is 130 Å². The molecule has 0 saturated heterocycles. The zero-order chi connectivity index (χ0) is 34.7. The molecule has 0 saturated carbocycles. The summed E-state index contributed by atoms with van der Waals surface area (Å²) in [6, 6.07) is 7.49. The zero-order valence-electron chi connectivity index (χ0n) is 30.0. The lowest BCUT2D eigenvalue weighted by molar-refractivity contribution is -0.198. The van der Waals surface area contributed by atoms with Crippen molar-refractivity contribution in [2.24, 2.45) is 0 Å². The van der Waals surface area contributed by atoms with Gasteiger partial charge in [-0.1, -0.05) is 107 Å². The first-order chi connectivity index (χ1) is 19.6. The van der Waals surface area contributed by atoms with Gasteiger partial charge in [-0.05, 0) is 68.9 Å². The molecule has 252 valence electrons. The van der Waals surface area contributed by atoms with Gasteiger partial charge in [0.1, 0.15) is 19.1 Å². The molecule has 0 fully saturated rings. The maximum atomic E-state index is 12.5. The van der Waals surface area contributed by atoms with Crippen LogP contribution in [0.5, 0.6) is 11.5 Å². The van der Waals surface area contributed by atoms with Crippen molar-refractivity contribution in [2.75, 3.05) is 19.9 Å². The predicted octanol–water partition coefficient (Wildman–Crippen LogP) is 9.51. The third kappa shape index (κ3) is 12.0. The topological polar surface area (TPSA) is 116 Å². The first kappa shape index (κ1) is 40.4. The van der Waals surface area contributed by atoms with Crippen molar-refractivity contribution >= 4 is 15.0 Å². The van der Waals surface area contributed by atoms with Crippen LogP contribution in [0.3, 0.4) is 0 Å². The van der Waals surface area contributed by atoms with Crippen LogP contribution in [0.25, 0.3) is 0 Å². The van der Waals surface area contributed by atoms with Crippen LogP contribution in [-0.2, 0) is 52.2 Å². The summed E-state index contributed by atoms with van der Waals surface area (Å²) in [5.41, 5.74) is 4.01. The van der Waals surface area contributed by atoms with E-state index in [4.69, 9.17) is 9.05 Å². The van der Waals surface area contributed by atoms with Gasteiger partial charge in [-0.2, -0.15) is 0 Å². The van der Waals surface area contributed by atoms with Crippen molar-refractivity contribution in [1.82, 2.24) is 0 Å². The number of phenolic OH excluding ortho intramolecular Hbond substituents is 2. The van der Waals surface area contributed by atoms with E-state index in [9.17, 15) is 24.2 Å². The molecule has 2 aromatic carbocycles. The Morgan fingerprint density at radius 1 is 0.591 bits per heavy atom. The van der Waals surface area contributed by atoms with Gasteiger partial charge in [0, 0.05) is 19.0 Å². The maximum Gasteiger partial charge on any atom is 0.204 e. The van der Waals surface area contributed by atoms with E-state index in [0.29, 0.717) is 24.1 Å². The fourth-order valence-corrected chi connectivity index (χ4v) is 7.57. The van der Waals surface area contributed by atoms with Gasteiger partial charge < -0.3 is 28.7 Å². The van der Waals surface area contributed by atoms with Crippen LogP contribution in [0.2, 0.25) is 0 Å². The first-order valence-electron chi connectivity index (χ1n) is 15.4. The minimum absolute atomic E-state index is 0.136. The molecule has 2 unspecified atom stereocenters. The Balaban J connectivity index is 0.000000440. The van der Waals surface area contributed by atoms with Crippen LogP contribution < -0.4 is 4.89 Å². The number of hydrogen-bond donors (Lipinski definition) is 2. The van der Waals surface area contributed by atoms with Gasteiger partial charge >= 0.3 is 0 Å². The van der Waals surface area contributed by atoms with E-state index in [1.807, 2.05) is 60.6 Å². The Kier molecular flexibility index (Phi) is 13.3. The van der Waals surface area contributed by atoms with Gasteiger partial charge in [0.05, 0.1) is 13.2 Å². The molecule has 0 spiro atoms. The van der Waals surface area contributed by atoms with Gasteiger partial charge in [-0.15, -0.1) is 0 Å². The van der Waals surface area contributed by atoms with Crippen LogP contribution >= 0.6 is 15.0 Å². The van der Waals surface area contributed by atoms with Crippen molar-refractivity contribution in [3.63, 3.8) is 0 Å². The highest BCUT2D eigenvalue weighted by Gasteiger charge is 2.29. The lowest BCUT2D eigenvalue weighted by Crippen LogP contribution is -2.18. The lowest BCUT2D eigenvalue weighted by atomic mass is 9.78. The highest BCUT2D eigenvalue weighted by atomic mass is 31.2. The van der Waals surface area contributed by atoms with Gasteiger partial charge in [-0.3, -0.25) is 4.57 Å². The monoisotopic (exact) mass is 653 g/mol. The summed E-state index contributed by atoms with van der Waals surface area (Å²) >= 11 is 0. The Hall–Kier alpha value is -1.62. The van der Waals surface area contributed by atoms with Crippen molar-refractivity contribution < 1.29 is 33.3 Å². The summed E-state index contributed by atoms with van der Waals surface area (Å²) < 4.78 is 34.7. The Morgan fingerprint density at radius 2 is 0.864 bits per heavy atom. The third-order valence-electron chi connectivity index (χ3n) is 7.15. The van der Waals surface area contributed by atoms with E-state index in [-0.39, 0.29) is 40.2 Å². The second-order valence-electron chi connectivity index (χ2n) is 15.9. The lowest BCUT2D eigenvalue weighted by Gasteiger charge is -2.29. The molecule has 2 N–H and O–H groups in total. The Bertz CT molecular complexity index is 1190. The molecule has 0 amide bonds. The van der Waals surface area contributed by atoms with Gasteiger partial charge in [0.15, 0.2) is 0 Å². The summed E-state index contributed by atoms with van der Waals surface area (Å²) in [7, 11) is -6.56. The number of hydrogen-bond acceptors (Lipinski definition) is 7. The smallest absolute Gasteiger partial charge is 0.204 e. The second-order valence-corrected chi connectivity index (χ2v) is 20.3. The summed E-state index contributed by atoms with van der Waals surface area (Å²) in [5.74, 6) is 0.604. The maximum absolute atomic E-state index is 12.5. The zero-order valence-corrected chi connectivity index (χ0v) is 31.8. The van der Waals surface area contributed by atoms with Crippen molar-refractivity contribution in [2.45, 2.75) is 131 Å². The quantitative estimate of drug-likeness (QED) is 0.273. The summed E-state index contributed by atoms with van der Waals surface area (Å²) in [4.78, 5) is 11.9. The highest BCUT2D eigenvalue weighted by molar-refractivity contribution is 7.57. The van der Waals surface area contributed by atoms with Gasteiger partial charge in [-0.25, -0.2) is 0 Å². The Morgan fingerprint density at radius 3 is 1.11 bits per heavy atom. The SMILES string of the molecule is CCOP(=O)([O-])Cc1cc(C(C)(C)C)c(O)c(C(C)(C)C)c1.CCOP(C)(=O)Cc1cc(C(C)(C)C)c(O)c(C(C)(C)C)c1. The van der Waals surface area contributed by atoms with E-state index < -0.39 is 15.0 Å². The summed E-state index contributed by atoms with van der Waals surface area (Å²) in [6.45, 7) is 30.2. The summed E-state index contributed by atoms with van der Waals surface area (Å²) in [5, 5.41) is 21.3. The van der Waals surface area contributed by atoms with Crippen molar-refractivity contribution in [3.8, 4) is 11.5 Å². The molecule has 2 atom stereocenters. The van der Waals surface area contributed by atoms with Gasteiger partial charge in [0.25, 0.3) is 0 Å². The minimum atomic E-state index is -3.91. The van der Waals surface area contributed by atoms with Crippen LogP contribution in [0.4, 0.5) is 0 Å². The fourth-order valence-electron chi connectivity index (χ4n) is 4.97. The number of benzene rings is 2.